The van der Waals surface area contributed by atoms with Crippen LogP contribution in [0.3, 0.4) is 0 Å². The summed E-state index contributed by atoms with van der Waals surface area (Å²) in [6.45, 7) is 4.61. The molecular formula is C16H18N2O3. The van der Waals surface area contributed by atoms with Crippen LogP contribution in [0, 0.1) is 0 Å². The maximum Gasteiger partial charge on any atom is 0.255 e. The van der Waals surface area contributed by atoms with E-state index in [1.54, 1.807) is 4.90 Å². The van der Waals surface area contributed by atoms with E-state index in [9.17, 15) is 14.4 Å². The van der Waals surface area contributed by atoms with E-state index in [1.165, 1.54) is 0 Å². The Balaban J connectivity index is 1.87. The van der Waals surface area contributed by atoms with E-state index in [4.69, 9.17) is 0 Å². The number of amides is 3. The number of rotatable bonds is 2. The van der Waals surface area contributed by atoms with Gasteiger partial charge in [-0.15, -0.1) is 0 Å². The van der Waals surface area contributed by atoms with Crippen LogP contribution in [0.25, 0.3) is 0 Å². The third-order valence-corrected chi connectivity index (χ3v) is 4.22. The smallest absolute Gasteiger partial charge is 0.255 e. The average Bonchev–Trinajstić information content (AvgIpc) is 2.75. The van der Waals surface area contributed by atoms with Gasteiger partial charge in [-0.1, -0.05) is 26.0 Å². The largest absolute Gasteiger partial charge is 0.322 e. The predicted molar refractivity (Wildman–Crippen MR) is 76.6 cm³/mol. The van der Waals surface area contributed by atoms with Crippen molar-refractivity contribution in [2.24, 2.45) is 0 Å². The van der Waals surface area contributed by atoms with Crippen LogP contribution in [0.1, 0.15) is 54.1 Å². The molecule has 2 heterocycles. The number of fused-ring (bicyclic) bond motifs is 1. The van der Waals surface area contributed by atoms with Gasteiger partial charge < -0.3 is 4.90 Å². The van der Waals surface area contributed by atoms with Crippen molar-refractivity contribution in [3.8, 4) is 0 Å². The number of nitrogens with zero attached hydrogens (tertiary/aromatic N) is 1. The molecule has 1 N–H and O–H groups in total. The number of carbonyl (C=O) groups excluding carboxylic acids is 3. The molecule has 0 aliphatic carbocycles. The van der Waals surface area contributed by atoms with Gasteiger partial charge in [0.1, 0.15) is 6.04 Å². The Bertz CT molecular complexity index is 636. The Kier molecular flexibility index (Phi) is 3.27. The van der Waals surface area contributed by atoms with Gasteiger partial charge in [-0.3, -0.25) is 19.7 Å². The molecule has 2 aliphatic rings. The fourth-order valence-electron chi connectivity index (χ4n) is 2.93. The summed E-state index contributed by atoms with van der Waals surface area (Å²) in [7, 11) is 0. The molecule has 3 amide bonds. The number of carbonyl (C=O) groups is 3. The van der Waals surface area contributed by atoms with Crippen molar-refractivity contribution in [1.82, 2.24) is 10.2 Å². The summed E-state index contributed by atoms with van der Waals surface area (Å²) < 4.78 is 0. The number of hydrogen-bond acceptors (Lipinski definition) is 3. The molecule has 3 rings (SSSR count). The van der Waals surface area contributed by atoms with Crippen LogP contribution in [0.4, 0.5) is 0 Å². The van der Waals surface area contributed by atoms with E-state index in [2.05, 4.69) is 19.2 Å². The van der Waals surface area contributed by atoms with Crippen LogP contribution >= 0.6 is 0 Å². The van der Waals surface area contributed by atoms with Crippen molar-refractivity contribution < 1.29 is 14.4 Å². The molecule has 1 aromatic carbocycles. The molecule has 5 heteroatoms. The first kappa shape index (κ1) is 13.8. The molecule has 1 aromatic rings. The van der Waals surface area contributed by atoms with Gasteiger partial charge in [0.05, 0.1) is 0 Å². The monoisotopic (exact) mass is 286 g/mol. The van der Waals surface area contributed by atoms with E-state index >= 15 is 0 Å². The number of piperidine rings is 1. The lowest BCUT2D eigenvalue weighted by Crippen LogP contribution is -2.52. The van der Waals surface area contributed by atoms with Crippen molar-refractivity contribution in [3.05, 3.63) is 34.9 Å². The van der Waals surface area contributed by atoms with Crippen molar-refractivity contribution in [2.45, 2.75) is 45.2 Å². The average molecular weight is 286 g/mol. The highest BCUT2D eigenvalue weighted by Gasteiger charge is 2.39. The summed E-state index contributed by atoms with van der Waals surface area (Å²) in [6.07, 6.45) is 0.690. The second-order valence-corrected chi connectivity index (χ2v) is 5.97. The van der Waals surface area contributed by atoms with Crippen LogP contribution in [-0.4, -0.2) is 28.7 Å². The summed E-state index contributed by atoms with van der Waals surface area (Å²) in [4.78, 5) is 37.3. The minimum absolute atomic E-state index is 0.109. The lowest BCUT2D eigenvalue weighted by Gasteiger charge is -2.29. The van der Waals surface area contributed by atoms with Crippen molar-refractivity contribution in [3.63, 3.8) is 0 Å². The van der Waals surface area contributed by atoms with E-state index in [0.29, 0.717) is 24.4 Å². The number of hydrogen-bond donors (Lipinski definition) is 1. The fourth-order valence-corrected chi connectivity index (χ4v) is 2.93. The SMILES string of the molecule is CC(C)c1ccc2c(c1)C(=O)N([C@H]1CCC(=O)NC1=O)C2. The molecule has 21 heavy (non-hydrogen) atoms. The second kappa shape index (κ2) is 4.98. The molecule has 1 atom stereocenters. The van der Waals surface area contributed by atoms with Crippen LogP contribution in [0.2, 0.25) is 0 Å². The molecule has 0 spiro atoms. The number of imide groups is 1. The lowest BCUT2D eigenvalue weighted by atomic mass is 9.98. The first-order chi connectivity index (χ1) is 9.97. The first-order valence-corrected chi connectivity index (χ1v) is 7.25. The molecule has 0 radical (unpaired) electrons. The predicted octanol–water partition coefficient (Wildman–Crippen LogP) is 1.57. The molecule has 110 valence electrons. The highest BCUT2D eigenvalue weighted by Crippen LogP contribution is 2.29. The van der Waals surface area contributed by atoms with E-state index in [-0.39, 0.29) is 24.1 Å². The summed E-state index contributed by atoms with van der Waals surface area (Å²) in [6, 6.07) is 5.39. The summed E-state index contributed by atoms with van der Waals surface area (Å²) in [5, 5.41) is 2.31. The molecule has 1 fully saturated rings. The molecule has 0 unspecified atom stereocenters. The molecule has 2 aliphatic heterocycles. The molecule has 0 saturated carbocycles. The zero-order valence-electron chi connectivity index (χ0n) is 12.2. The zero-order chi connectivity index (χ0) is 15.1. The van der Waals surface area contributed by atoms with Gasteiger partial charge in [-0.2, -0.15) is 0 Å². The number of nitrogens with one attached hydrogen (secondary N) is 1. The highest BCUT2D eigenvalue weighted by molar-refractivity contribution is 6.05. The minimum Gasteiger partial charge on any atom is -0.322 e. The van der Waals surface area contributed by atoms with E-state index in [0.717, 1.165) is 11.1 Å². The van der Waals surface area contributed by atoms with Gasteiger partial charge >= 0.3 is 0 Å². The van der Waals surface area contributed by atoms with Gasteiger partial charge in [-0.05, 0) is 29.5 Å². The first-order valence-electron chi connectivity index (χ1n) is 7.25. The Morgan fingerprint density at radius 3 is 2.67 bits per heavy atom. The van der Waals surface area contributed by atoms with Gasteiger partial charge in [0.2, 0.25) is 11.8 Å². The normalized spacial score (nSPS) is 21.8. The second-order valence-electron chi connectivity index (χ2n) is 5.97. The number of benzene rings is 1. The Hall–Kier alpha value is -2.17. The standard InChI is InChI=1S/C16H18N2O3/c1-9(2)10-3-4-11-8-18(16(21)12(11)7-10)13-5-6-14(19)17-15(13)20/h3-4,7,9,13H,5-6,8H2,1-2H3,(H,17,19,20)/t13-/m0/s1. The Morgan fingerprint density at radius 1 is 1.24 bits per heavy atom. The quantitative estimate of drug-likeness (QED) is 0.839. The molecule has 0 bridgehead atoms. The van der Waals surface area contributed by atoms with Gasteiger partial charge in [0, 0.05) is 18.5 Å². The van der Waals surface area contributed by atoms with Crippen LogP contribution in [0.5, 0.6) is 0 Å². The molecule has 1 saturated heterocycles. The molecule has 5 nitrogen and oxygen atoms in total. The lowest BCUT2D eigenvalue weighted by molar-refractivity contribution is -0.136. The van der Waals surface area contributed by atoms with Gasteiger partial charge in [-0.25, -0.2) is 0 Å². The fraction of sp³-hybridized carbons (Fsp3) is 0.438. The topological polar surface area (TPSA) is 66.5 Å². The molecule has 0 aromatic heterocycles. The summed E-state index contributed by atoms with van der Waals surface area (Å²) >= 11 is 0. The summed E-state index contributed by atoms with van der Waals surface area (Å²) in [5.74, 6) is -0.381. The molecular weight excluding hydrogens is 268 g/mol. The van der Waals surface area contributed by atoms with Gasteiger partial charge in [0.25, 0.3) is 5.91 Å². The highest BCUT2D eigenvalue weighted by atomic mass is 16.2. The van der Waals surface area contributed by atoms with Gasteiger partial charge in [0.15, 0.2) is 0 Å². The van der Waals surface area contributed by atoms with Crippen LogP contribution in [-0.2, 0) is 16.1 Å². The maximum absolute atomic E-state index is 12.6. The van der Waals surface area contributed by atoms with Crippen molar-refractivity contribution >= 4 is 17.7 Å². The maximum atomic E-state index is 12.6. The summed E-state index contributed by atoms with van der Waals surface area (Å²) in [5.41, 5.74) is 2.76. The Labute approximate surface area is 123 Å². The van der Waals surface area contributed by atoms with Crippen LogP contribution in [0.15, 0.2) is 18.2 Å². The van der Waals surface area contributed by atoms with E-state index < -0.39 is 6.04 Å². The van der Waals surface area contributed by atoms with Crippen molar-refractivity contribution in [1.29, 1.82) is 0 Å². The third-order valence-electron chi connectivity index (χ3n) is 4.22. The Morgan fingerprint density at radius 2 is 2.00 bits per heavy atom. The minimum atomic E-state index is -0.537. The third kappa shape index (κ3) is 2.33. The van der Waals surface area contributed by atoms with E-state index in [1.807, 2.05) is 18.2 Å². The zero-order valence-corrected chi connectivity index (χ0v) is 12.2. The van der Waals surface area contributed by atoms with Crippen molar-refractivity contribution in [2.75, 3.05) is 0 Å². The van der Waals surface area contributed by atoms with Crippen LogP contribution < -0.4 is 5.32 Å².